The Balaban J connectivity index is 2.03. The van der Waals surface area contributed by atoms with Gasteiger partial charge in [0.1, 0.15) is 5.82 Å². The van der Waals surface area contributed by atoms with Gasteiger partial charge in [-0.2, -0.15) is 0 Å². The Morgan fingerprint density at radius 2 is 2.35 bits per heavy atom. The van der Waals surface area contributed by atoms with Crippen LogP contribution in [0.5, 0.6) is 0 Å². The number of aromatic nitrogens is 1. The van der Waals surface area contributed by atoms with Crippen molar-refractivity contribution >= 4 is 5.82 Å². The molecule has 0 aliphatic carbocycles. The minimum absolute atomic E-state index is 0.282. The standard InChI is InChI=1S/C13H21N3O/c14-9-11-5-6-13(15-10-11)16-7-1-3-12(16)4-2-8-17/h5-6,10,12,17H,1-4,7-9,14H2. The van der Waals surface area contributed by atoms with Gasteiger partial charge in [0.15, 0.2) is 0 Å². The smallest absolute Gasteiger partial charge is 0.128 e. The largest absolute Gasteiger partial charge is 0.396 e. The number of nitrogens with two attached hydrogens (primary N) is 1. The van der Waals surface area contributed by atoms with E-state index in [-0.39, 0.29) is 6.61 Å². The molecule has 2 rings (SSSR count). The van der Waals surface area contributed by atoms with E-state index in [1.807, 2.05) is 12.3 Å². The molecule has 0 aromatic carbocycles. The first-order chi connectivity index (χ1) is 8.35. The monoisotopic (exact) mass is 235 g/mol. The van der Waals surface area contributed by atoms with Crippen LogP contribution >= 0.6 is 0 Å². The molecule has 0 bridgehead atoms. The fourth-order valence-corrected chi connectivity index (χ4v) is 2.47. The molecule has 0 spiro atoms. The van der Waals surface area contributed by atoms with Crippen LogP contribution < -0.4 is 10.6 Å². The average molecular weight is 235 g/mol. The maximum atomic E-state index is 8.90. The molecule has 1 unspecified atom stereocenters. The van der Waals surface area contributed by atoms with Crippen molar-refractivity contribution in [3.05, 3.63) is 23.9 Å². The molecule has 0 saturated carbocycles. The molecule has 2 heterocycles. The predicted octanol–water partition coefficient (Wildman–Crippen LogP) is 1.28. The fourth-order valence-electron chi connectivity index (χ4n) is 2.47. The van der Waals surface area contributed by atoms with Gasteiger partial charge in [0.2, 0.25) is 0 Å². The van der Waals surface area contributed by atoms with Crippen LogP contribution in [0, 0.1) is 0 Å². The lowest BCUT2D eigenvalue weighted by Crippen LogP contribution is -2.30. The van der Waals surface area contributed by atoms with E-state index in [2.05, 4.69) is 16.0 Å². The second kappa shape index (κ2) is 5.98. The van der Waals surface area contributed by atoms with Gasteiger partial charge in [-0.25, -0.2) is 4.98 Å². The van der Waals surface area contributed by atoms with Crippen molar-refractivity contribution in [2.45, 2.75) is 38.3 Å². The molecule has 0 radical (unpaired) electrons. The molecular weight excluding hydrogens is 214 g/mol. The highest BCUT2D eigenvalue weighted by atomic mass is 16.2. The zero-order valence-electron chi connectivity index (χ0n) is 10.2. The highest BCUT2D eigenvalue weighted by Gasteiger charge is 2.24. The normalized spacial score (nSPS) is 19.9. The van der Waals surface area contributed by atoms with Crippen LogP contribution in [0.2, 0.25) is 0 Å². The Bertz CT molecular complexity index is 339. The van der Waals surface area contributed by atoms with Crippen molar-refractivity contribution in [3.8, 4) is 0 Å². The van der Waals surface area contributed by atoms with Crippen molar-refractivity contribution in [1.82, 2.24) is 4.98 Å². The number of hydrogen-bond acceptors (Lipinski definition) is 4. The summed E-state index contributed by atoms with van der Waals surface area (Å²) < 4.78 is 0. The number of hydrogen-bond donors (Lipinski definition) is 2. The summed E-state index contributed by atoms with van der Waals surface area (Å²) in [6, 6.07) is 4.64. The van der Waals surface area contributed by atoms with Gasteiger partial charge < -0.3 is 15.7 Å². The topological polar surface area (TPSA) is 62.4 Å². The first-order valence-electron chi connectivity index (χ1n) is 6.37. The third kappa shape index (κ3) is 2.96. The molecule has 0 amide bonds. The highest BCUT2D eigenvalue weighted by Crippen LogP contribution is 2.26. The molecular formula is C13H21N3O. The van der Waals surface area contributed by atoms with E-state index in [1.54, 1.807) is 0 Å². The van der Waals surface area contributed by atoms with Gasteiger partial charge in [-0.15, -0.1) is 0 Å². The van der Waals surface area contributed by atoms with E-state index in [0.717, 1.165) is 30.8 Å². The van der Waals surface area contributed by atoms with Crippen LogP contribution in [0.4, 0.5) is 5.82 Å². The fraction of sp³-hybridized carbons (Fsp3) is 0.615. The van der Waals surface area contributed by atoms with Crippen LogP contribution in [-0.2, 0) is 6.54 Å². The molecule has 94 valence electrons. The van der Waals surface area contributed by atoms with Crippen molar-refractivity contribution in [1.29, 1.82) is 0 Å². The highest BCUT2D eigenvalue weighted by molar-refractivity contribution is 5.41. The van der Waals surface area contributed by atoms with Crippen molar-refractivity contribution in [2.75, 3.05) is 18.1 Å². The Kier molecular flexibility index (Phi) is 4.34. The zero-order valence-corrected chi connectivity index (χ0v) is 10.2. The maximum Gasteiger partial charge on any atom is 0.128 e. The molecule has 1 aromatic heterocycles. The summed E-state index contributed by atoms with van der Waals surface area (Å²) in [6.07, 6.45) is 6.21. The minimum atomic E-state index is 0.282. The van der Waals surface area contributed by atoms with Gasteiger partial charge >= 0.3 is 0 Å². The maximum absolute atomic E-state index is 8.90. The lowest BCUT2D eigenvalue weighted by Gasteiger charge is -2.25. The summed E-state index contributed by atoms with van der Waals surface area (Å²) in [5.74, 6) is 1.04. The Morgan fingerprint density at radius 3 is 3.00 bits per heavy atom. The molecule has 1 atom stereocenters. The van der Waals surface area contributed by atoms with Gasteiger partial charge in [0.25, 0.3) is 0 Å². The van der Waals surface area contributed by atoms with Gasteiger partial charge in [0, 0.05) is 31.9 Å². The lowest BCUT2D eigenvalue weighted by atomic mass is 10.1. The minimum Gasteiger partial charge on any atom is -0.396 e. The van der Waals surface area contributed by atoms with Crippen molar-refractivity contribution in [3.63, 3.8) is 0 Å². The number of aliphatic hydroxyl groups is 1. The van der Waals surface area contributed by atoms with Crippen LogP contribution in [0.3, 0.4) is 0 Å². The van der Waals surface area contributed by atoms with E-state index in [9.17, 15) is 0 Å². The average Bonchev–Trinajstić information content (AvgIpc) is 2.84. The van der Waals surface area contributed by atoms with E-state index in [0.29, 0.717) is 12.6 Å². The van der Waals surface area contributed by atoms with Gasteiger partial charge in [-0.05, 0) is 37.3 Å². The number of nitrogens with zero attached hydrogens (tertiary/aromatic N) is 2. The van der Waals surface area contributed by atoms with E-state index < -0.39 is 0 Å². The summed E-state index contributed by atoms with van der Waals surface area (Å²) in [4.78, 5) is 6.83. The van der Waals surface area contributed by atoms with Crippen LogP contribution in [0.15, 0.2) is 18.3 Å². The zero-order chi connectivity index (χ0) is 12.1. The molecule has 1 aliphatic heterocycles. The summed E-state index contributed by atoms with van der Waals surface area (Å²) in [6.45, 7) is 1.90. The SMILES string of the molecule is NCc1ccc(N2CCCC2CCCO)nc1. The number of rotatable bonds is 5. The van der Waals surface area contributed by atoms with E-state index >= 15 is 0 Å². The van der Waals surface area contributed by atoms with E-state index in [4.69, 9.17) is 10.8 Å². The number of pyridine rings is 1. The first kappa shape index (κ1) is 12.3. The van der Waals surface area contributed by atoms with Gasteiger partial charge in [-0.3, -0.25) is 0 Å². The second-order valence-electron chi connectivity index (χ2n) is 4.58. The first-order valence-corrected chi connectivity index (χ1v) is 6.37. The van der Waals surface area contributed by atoms with Crippen LogP contribution in [0.25, 0.3) is 0 Å². The van der Waals surface area contributed by atoms with E-state index in [1.165, 1.54) is 12.8 Å². The molecule has 1 saturated heterocycles. The molecule has 1 fully saturated rings. The summed E-state index contributed by atoms with van der Waals surface area (Å²) in [7, 11) is 0. The molecule has 4 heteroatoms. The summed E-state index contributed by atoms with van der Waals surface area (Å²) in [5, 5.41) is 8.90. The molecule has 4 nitrogen and oxygen atoms in total. The van der Waals surface area contributed by atoms with Gasteiger partial charge in [-0.1, -0.05) is 6.07 Å². The molecule has 1 aromatic rings. The lowest BCUT2D eigenvalue weighted by molar-refractivity contribution is 0.279. The summed E-state index contributed by atoms with van der Waals surface area (Å²) in [5.41, 5.74) is 6.63. The van der Waals surface area contributed by atoms with Crippen molar-refractivity contribution in [2.24, 2.45) is 5.73 Å². The Labute approximate surface area is 102 Å². The molecule has 1 aliphatic rings. The molecule has 3 N–H and O–H groups in total. The quantitative estimate of drug-likeness (QED) is 0.807. The number of anilines is 1. The number of aliphatic hydroxyl groups excluding tert-OH is 1. The van der Waals surface area contributed by atoms with Crippen LogP contribution in [0.1, 0.15) is 31.2 Å². The van der Waals surface area contributed by atoms with Gasteiger partial charge in [0.05, 0.1) is 0 Å². The van der Waals surface area contributed by atoms with Crippen LogP contribution in [-0.4, -0.2) is 29.3 Å². The Morgan fingerprint density at radius 1 is 1.47 bits per heavy atom. The second-order valence-corrected chi connectivity index (χ2v) is 4.58. The third-order valence-corrected chi connectivity index (χ3v) is 3.41. The molecule has 17 heavy (non-hydrogen) atoms. The summed E-state index contributed by atoms with van der Waals surface area (Å²) >= 11 is 0. The predicted molar refractivity (Wildman–Crippen MR) is 68.8 cm³/mol. The Hall–Kier alpha value is -1.13. The third-order valence-electron chi connectivity index (χ3n) is 3.41. The van der Waals surface area contributed by atoms with Crippen molar-refractivity contribution < 1.29 is 5.11 Å².